The van der Waals surface area contributed by atoms with Gasteiger partial charge in [-0.25, -0.2) is 0 Å². The van der Waals surface area contributed by atoms with Gasteiger partial charge in [0, 0.05) is 26.3 Å². The third kappa shape index (κ3) is 6.60. The maximum atomic E-state index is 5.57. The Hall–Kier alpha value is -0.900. The van der Waals surface area contributed by atoms with Crippen molar-refractivity contribution in [2.75, 3.05) is 33.5 Å². The molecule has 21 heavy (non-hydrogen) atoms. The van der Waals surface area contributed by atoms with Crippen molar-refractivity contribution >= 4 is 0 Å². The number of hydrogen-bond acceptors (Lipinski definition) is 3. The largest absolute Gasteiger partial charge is 0.382 e. The summed E-state index contributed by atoms with van der Waals surface area (Å²) in [7, 11) is 1.71. The summed E-state index contributed by atoms with van der Waals surface area (Å²) in [5.41, 5.74) is 2.78. The average molecular weight is 291 g/mol. The highest BCUT2D eigenvalue weighted by Crippen LogP contribution is 2.24. The maximum Gasteiger partial charge on any atom is 0.0700 e. The van der Waals surface area contributed by atoms with Crippen LogP contribution in [0.25, 0.3) is 0 Å². The SMILES string of the molecule is COCCOCCCC(CNC1CC1)c1ccc(C)cc1. The van der Waals surface area contributed by atoms with E-state index in [0.29, 0.717) is 19.1 Å². The predicted octanol–water partition coefficient (Wildman–Crippen LogP) is 3.27. The van der Waals surface area contributed by atoms with Crippen LogP contribution < -0.4 is 5.32 Å². The average Bonchev–Trinajstić information content (AvgIpc) is 3.31. The van der Waals surface area contributed by atoms with Crippen LogP contribution in [0.2, 0.25) is 0 Å². The Kier molecular flexibility index (Phi) is 7.20. The van der Waals surface area contributed by atoms with E-state index in [1.807, 2.05) is 0 Å². The number of ether oxygens (including phenoxy) is 2. The van der Waals surface area contributed by atoms with E-state index in [1.165, 1.54) is 30.4 Å². The molecule has 0 aliphatic heterocycles. The summed E-state index contributed by atoms with van der Waals surface area (Å²) < 4.78 is 10.6. The lowest BCUT2D eigenvalue weighted by molar-refractivity contribution is 0.0681. The van der Waals surface area contributed by atoms with Crippen molar-refractivity contribution in [3.63, 3.8) is 0 Å². The molecule has 3 nitrogen and oxygen atoms in total. The van der Waals surface area contributed by atoms with Crippen molar-refractivity contribution in [3.05, 3.63) is 35.4 Å². The highest BCUT2D eigenvalue weighted by Gasteiger charge is 2.22. The van der Waals surface area contributed by atoms with Gasteiger partial charge in [-0.2, -0.15) is 0 Å². The quantitative estimate of drug-likeness (QED) is 0.635. The van der Waals surface area contributed by atoms with Crippen LogP contribution in [0.5, 0.6) is 0 Å². The first-order valence-electron chi connectivity index (χ1n) is 8.16. The van der Waals surface area contributed by atoms with E-state index in [1.54, 1.807) is 7.11 Å². The van der Waals surface area contributed by atoms with E-state index in [9.17, 15) is 0 Å². The zero-order valence-electron chi connectivity index (χ0n) is 13.4. The lowest BCUT2D eigenvalue weighted by atomic mass is 9.93. The third-order valence-corrected chi connectivity index (χ3v) is 4.05. The van der Waals surface area contributed by atoms with Gasteiger partial charge < -0.3 is 14.8 Å². The first-order chi connectivity index (χ1) is 10.3. The third-order valence-electron chi connectivity index (χ3n) is 4.05. The lowest BCUT2D eigenvalue weighted by Gasteiger charge is -2.18. The van der Waals surface area contributed by atoms with Crippen LogP contribution in [0.3, 0.4) is 0 Å². The zero-order chi connectivity index (χ0) is 14.9. The van der Waals surface area contributed by atoms with Gasteiger partial charge in [0.2, 0.25) is 0 Å². The monoisotopic (exact) mass is 291 g/mol. The molecule has 118 valence electrons. The van der Waals surface area contributed by atoms with Crippen molar-refractivity contribution in [2.24, 2.45) is 0 Å². The summed E-state index contributed by atoms with van der Waals surface area (Å²) in [5.74, 6) is 0.595. The summed E-state index contributed by atoms with van der Waals surface area (Å²) in [4.78, 5) is 0. The normalized spacial score (nSPS) is 16.1. The van der Waals surface area contributed by atoms with Crippen LogP contribution in [0.15, 0.2) is 24.3 Å². The van der Waals surface area contributed by atoms with E-state index >= 15 is 0 Å². The second-order valence-electron chi connectivity index (χ2n) is 6.04. The fourth-order valence-electron chi connectivity index (χ4n) is 2.50. The number of aryl methyl sites for hydroxylation is 1. The molecule has 1 N–H and O–H groups in total. The Bertz CT molecular complexity index is 387. The van der Waals surface area contributed by atoms with Gasteiger partial charge in [0.1, 0.15) is 0 Å². The summed E-state index contributed by atoms with van der Waals surface area (Å²) >= 11 is 0. The molecule has 2 rings (SSSR count). The van der Waals surface area contributed by atoms with Crippen molar-refractivity contribution in [1.82, 2.24) is 5.32 Å². The first kappa shape index (κ1) is 16.5. The fraction of sp³-hybridized carbons (Fsp3) is 0.667. The Morgan fingerprint density at radius 1 is 1.14 bits per heavy atom. The molecule has 1 saturated carbocycles. The molecule has 0 bridgehead atoms. The first-order valence-corrected chi connectivity index (χ1v) is 8.16. The second-order valence-corrected chi connectivity index (χ2v) is 6.04. The van der Waals surface area contributed by atoms with E-state index < -0.39 is 0 Å². The molecule has 0 aromatic heterocycles. The summed E-state index contributed by atoms with van der Waals surface area (Å²) in [5, 5.41) is 3.67. The molecular formula is C18H29NO2. The molecule has 1 atom stereocenters. The van der Waals surface area contributed by atoms with Crippen LogP contribution in [0.4, 0.5) is 0 Å². The van der Waals surface area contributed by atoms with Gasteiger partial charge in [-0.05, 0) is 44.1 Å². The van der Waals surface area contributed by atoms with Crippen molar-refractivity contribution in [2.45, 2.75) is 44.6 Å². The smallest absolute Gasteiger partial charge is 0.0700 e. The molecule has 0 saturated heterocycles. The Morgan fingerprint density at radius 2 is 1.90 bits per heavy atom. The highest BCUT2D eigenvalue weighted by atomic mass is 16.5. The molecule has 1 aliphatic carbocycles. The molecule has 1 fully saturated rings. The van der Waals surface area contributed by atoms with E-state index in [0.717, 1.165) is 25.6 Å². The number of methoxy groups -OCH3 is 1. The van der Waals surface area contributed by atoms with Crippen LogP contribution in [0, 0.1) is 6.92 Å². The standard InChI is InChI=1S/C18H29NO2/c1-15-5-7-16(8-6-15)17(14-19-18-9-10-18)4-3-11-21-13-12-20-2/h5-8,17-19H,3-4,9-14H2,1-2H3. The van der Waals surface area contributed by atoms with Crippen LogP contribution >= 0.6 is 0 Å². The van der Waals surface area contributed by atoms with Gasteiger partial charge in [0.15, 0.2) is 0 Å². The van der Waals surface area contributed by atoms with Gasteiger partial charge >= 0.3 is 0 Å². The molecule has 1 aromatic rings. The van der Waals surface area contributed by atoms with Crippen molar-refractivity contribution < 1.29 is 9.47 Å². The van der Waals surface area contributed by atoms with Crippen molar-refractivity contribution in [3.8, 4) is 0 Å². The summed E-state index contributed by atoms with van der Waals surface area (Å²) in [6, 6.07) is 9.76. The Balaban J connectivity index is 1.75. The van der Waals surface area contributed by atoms with E-state index in [4.69, 9.17) is 9.47 Å². The van der Waals surface area contributed by atoms with Crippen molar-refractivity contribution in [1.29, 1.82) is 0 Å². The molecule has 1 unspecified atom stereocenters. The van der Waals surface area contributed by atoms with E-state index in [2.05, 4.69) is 36.5 Å². The summed E-state index contributed by atoms with van der Waals surface area (Å²) in [6.07, 6.45) is 4.98. The van der Waals surface area contributed by atoms with Gasteiger partial charge in [-0.1, -0.05) is 29.8 Å². The predicted molar refractivity (Wildman–Crippen MR) is 86.9 cm³/mol. The topological polar surface area (TPSA) is 30.5 Å². The van der Waals surface area contributed by atoms with Gasteiger partial charge in [0.25, 0.3) is 0 Å². The molecule has 0 heterocycles. The zero-order valence-corrected chi connectivity index (χ0v) is 13.4. The van der Waals surface area contributed by atoms with Crippen LogP contribution in [-0.4, -0.2) is 39.5 Å². The van der Waals surface area contributed by atoms with Gasteiger partial charge in [-0.15, -0.1) is 0 Å². The minimum Gasteiger partial charge on any atom is -0.382 e. The molecule has 3 heteroatoms. The molecule has 0 radical (unpaired) electrons. The minimum atomic E-state index is 0.595. The highest BCUT2D eigenvalue weighted by molar-refractivity contribution is 5.24. The molecule has 1 aliphatic rings. The number of hydrogen-bond donors (Lipinski definition) is 1. The van der Waals surface area contributed by atoms with Crippen LogP contribution in [0.1, 0.15) is 42.7 Å². The maximum absolute atomic E-state index is 5.57. The molecule has 1 aromatic carbocycles. The van der Waals surface area contributed by atoms with Gasteiger partial charge in [-0.3, -0.25) is 0 Å². The minimum absolute atomic E-state index is 0.595. The Labute approximate surface area is 129 Å². The van der Waals surface area contributed by atoms with Gasteiger partial charge in [0.05, 0.1) is 13.2 Å². The number of rotatable bonds is 11. The Morgan fingerprint density at radius 3 is 2.57 bits per heavy atom. The number of benzene rings is 1. The van der Waals surface area contributed by atoms with E-state index in [-0.39, 0.29) is 0 Å². The van der Waals surface area contributed by atoms with Crippen LogP contribution in [-0.2, 0) is 9.47 Å². The second kappa shape index (κ2) is 9.19. The number of nitrogens with one attached hydrogen (secondary N) is 1. The lowest BCUT2D eigenvalue weighted by Crippen LogP contribution is -2.24. The molecular weight excluding hydrogens is 262 g/mol. The summed E-state index contributed by atoms with van der Waals surface area (Å²) in [6.45, 7) is 5.45. The molecule has 0 amide bonds. The fourth-order valence-corrected chi connectivity index (χ4v) is 2.50. The molecule has 0 spiro atoms.